The lowest BCUT2D eigenvalue weighted by molar-refractivity contribution is 0.127. The van der Waals surface area contributed by atoms with Crippen molar-refractivity contribution < 1.29 is 9.90 Å². The van der Waals surface area contributed by atoms with E-state index in [4.69, 9.17) is 5.11 Å². The third kappa shape index (κ3) is 3.78. The van der Waals surface area contributed by atoms with Gasteiger partial charge in [0.15, 0.2) is 0 Å². The molecule has 0 aromatic carbocycles. The third-order valence-corrected chi connectivity index (χ3v) is 3.88. The van der Waals surface area contributed by atoms with Gasteiger partial charge >= 0.3 is 6.09 Å². The molecule has 1 aliphatic rings. The Hall–Kier alpha value is -0.380. The van der Waals surface area contributed by atoms with Crippen molar-refractivity contribution >= 4 is 17.9 Å². The average Bonchev–Trinajstić information content (AvgIpc) is 2.15. The van der Waals surface area contributed by atoms with Crippen LogP contribution in [0.1, 0.15) is 26.7 Å². The minimum Gasteiger partial charge on any atom is -0.465 e. The van der Waals surface area contributed by atoms with E-state index in [9.17, 15) is 4.79 Å². The third-order valence-electron chi connectivity index (χ3n) is 2.55. The van der Waals surface area contributed by atoms with Gasteiger partial charge in [-0.1, -0.05) is 13.8 Å². The number of amides is 1. The van der Waals surface area contributed by atoms with E-state index in [0.717, 1.165) is 31.8 Å². The maximum atomic E-state index is 10.6. The monoisotopic (exact) mass is 217 g/mol. The molecule has 0 aromatic rings. The molecular weight excluding hydrogens is 198 g/mol. The molecule has 0 spiro atoms. The molecule has 0 bridgehead atoms. The van der Waals surface area contributed by atoms with E-state index in [0.29, 0.717) is 5.25 Å². The van der Waals surface area contributed by atoms with Gasteiger partial charge in [0.25, 0.3) is 0 Å². The van der Waals surface area contributed by atoms with Crippen LogP contribution in [0.15, 0.2) is 0 Å². The van der Waals surface area contributed by atoms with Crippen LogP contribution in [-0.2, 0) is 0 Å². The van der Waals surface area contributed by atoms with Gasteiger partial charge in [-0.3, -0.25) is 0 Å². The number of hydrogen-bond acceptors (Lipinski definition) is 2. The van der Waals surface area contributed by atoms with E-state index in [1.807, 2.05) is 11.8 Å². The van der Waals surface area contributed by atoms with Crippen molar-refractivity contribution in [3.8, 4) is 0 Å². The quantitative estimate of drug-likeness (QED) is 0.789. The highest BCUT2D eigenvalue weighted by Gasteiger charge is 2.22. The summed E-state index contributed by atoms with van der Waals surface area (Å²) in [7, 11) is 0. The molecule has 1 amide bonds. The van der Waals surface area contributed by atoms with Gasteiger partial charge in [-0.2, -0.15) is 11.8 Å². The van der Waals surface area contributed by atoms with Crippen LogP contribution in [0.5, 0.6) is 0 Å². The Morgan fingerprint density at radius 3 is 2.50 bits per heavy atom. The summed E-state index contributed by atoms with van der Waals surface area (Å²) in [5.41, 5.74) is 0. The van der Waals surface area contributed by atoms with Gasteiger partial charge in [0.1, 0.15) is 0 Å². The molecule has 1 saturated heterocycles. The molecule has 1 aliphatic heterocycles. The molecule has 0 unspecified atom stereocenters. The lowest BCUT2D eigenvalue weighted by Gasteiger charge is -2.30. The number of piperidine rings is 1. The van der Waals surface area contributed by atoms with E-state index in [2.05, 4.69) is 13.8 Å². The first-order valence-electron chi connectivity index (χ1n) is 5.19. The lowest BCUT2D eigenvalue weighted by Crippen LogP contribution is -2.38. The first-order chi connectivity index (χ1) is 6.59. The molecule has 0 aliphatic carbocycles. The van der Waals surface area contributed by atoms with Crippen molar-refractivity contribution in [1.82, 2.24) is 4.90 Å². The summed E-state index contributed by atoms with van der Waals surface area (Å²) < 4.78 is 0. The minimum atomic E-state index is -0.764. The number of thioether (sulfide) groups is 1. The highest BCUT2D eigenvalue weighted by molar-refractivity contribution is 7.99. The van der Waals surface area contributed by atoms with Gasteiger partial charge in [-0.25, -0.2) is 4.79 Å². The number of carboxylic acid groups (broad SMARTS) is 1. The van der Waals surface area contributed by atoms with Crippen LogP contribution in [0.3, 0.4) is 0 Å². The Morgan fingerprint density at radius 1 is 1.50 bits per heavy atom. The fourth-order valence-corrected chi connectivity index (χ4v) is 2.61. The first kappa shape index (κ1) is 11.7. The average molecular weight is 217 g/mol. The number of nitrogens with zero attached hydrogens (tertiary/aromatic N) is 1. The van der Waals surface area contributed by atoms with Gasteiger partial charge in [0.2, 0.25) is 0 Å². The summed E-state index contributed by atoms with van der Waals surface area (Å²) >= 11 is 1.98. The Labute approximate surface area is 89.9 Å². The smallest absolute Gasteiger partial charge is 0.407 e. The molecule has 3 nitrogen and oxygen atoms in total. The second-order valence-electron chi connectivity index (χ2n) is 4.10. The molecule has 1 N–H and O–H groups in total. The largest absolute Gasteiger partial charge is 0.465 e. The molecule has 0 atom stereocenters. The van der Waals surface area contributed by atoms with E-state index in [1.54, 1.807) is 0 Å². The maximum Gasteiger partial charge on any atom is 0.407 e. The molecule has 1 rings (SSSR count). The van der Waals surface area contributed by atoms with Gasteiger partial charge in [-0.15, -0.1) is 0 Å². The predicted molar refractivity (Wildman–Crippen MR) is 59.9 cm³/mol. The van der Waals surface area contributed by atoms with E-state index in [1.165, 1.54) is 10.7 Å². The van der Waals surface area contributed by atoms with E-state index in [-0.39, 0.29) is 0 Å². The van der Waals surface area contributed by atoms with E-state index < -0.39 is 6.09 Å². The van der Waals surface area contributed by atoms with Crippen molar-refractivity contribution in [2.24, 2.45) is 5.92 Å². The summed E-state index contributed by atoms with van der Waals surface area (Å²) in [5.74, 6) is 1.91. The second-order valence-corrected chi connectivity index (χ2v) is 5.70. The Kier molecular flexibility index (Phi) is 4.58. The summed E-state index contributed by atoms with van der Waals surface area (Å²) in [6, 6.07) is 0. The fraction of sp³-hybridized carbons (Fsp3) is 0.900. The number of rotatable bonds is 3. The fourth-order valence-electron chi connectivity index (χ4n) is 1.62. The number of carbonyl (C=O) groups is 1. The van der Waals surface area contributed by atoms with Gasteiger partial charge in [0, 0.05) is 13.1 Å². The van der Waals surface area contributed by atoms with Crippen molar-refractivity contribution in [2.45, 2.75) is 31.9 Å². The van der Waals surface area contributed by atoms with Crippen molar-refractivity contribution in [3.05, 3.63) is 0 Å². The Morgan fingerprint density at radius 2 is 2.07 bits per heavy atom. The zero-order valence-corrected chi connectivity index (χ0v) is 9.72. The minimum absolute atomic E-state index is 0.688. The van der Waals surface area contributed by atoms with Crippen molar-refractivity contribution in [3.63, 3.8) is 0 Å². The van der Waals surface area contributed by atoms with E-state index >= 15 is 0 Å². The van der Waals surface area contributed by atoms with Crippen LogP contribution in [0, 0.1) is 5.92 Å². The van der Waals surface area contributed by atoms with Crippen molar-refractivity contribution in [1.29, 1.82) is 0 Å². The van der Waals surface area contributed by atoms with Crippen LogP contribution < -0.4 is 0 Å². The highest BCUT2D eigenvalue weighted by atomic mass is 32.2. The van der Waals surface area contributed by atoms with Gasteiger partial charge in [0.05, 0.1) is 0 Å². The summed E-state index contributed by atoms with van der Waals surface area (Å²) in [6.07, 6.45) is 1.30. The van der Waals surface area contributed by atoms with Gasteiger partial charge in [-0.05, 0) is 29.8 Å². The SMILES string of the molecule is CC(C)SCC1CCN(C(=O)O)CC1. The number of hydrogen-bond donors (Lipinski definition) is 1. The lowest BCUT2D eigenvalue weighted by atomic mass is 9.99. The molecule has 1 fully saturated rings. The molecule has 4 heteroatoms. The summed E-state index contributed by atoms with van der Waals surface area (Å²) in [4.78, 5) is 12.2. The topological polar surface area (TPSA) is 40.5 Å². The zero-order valence-electron chi connectivity index (χ0n) is 8.90. The van der Waals surface area contributed by atoms with Crippen LogP contribution in [0.4, 0.5) is 4.79 Å². The summed E-state index contributed by atoms with van der Waals surface area (Å²) in [6.45, 7) is 5.85. The first-order valence-corrected chi connectivity index (χ1v) is 6.24. The molecular formula is C10H19NO2S. The van der Waals surface area contributed by atoms with Crippen LogP contribution in [0.2, 0.25) is 0 Å². The van der Waals surface area contributed by atoms with Crippen LogP contribution in [-0.4, -0.2) is 40.2 Å². The molecule has 0 radical (unpaired) electrons. The predicted octanol–water partition coefficient (Wildman–Crippen LogP) is 2.52. The Bertz CT molecular complexity index is 189. The van der Waals surface area contributed by atoms with Crippen LogP contribution >= 0.6 is 11.8 Å². The van der Waals surface area contributed by atoms with Crippen LogP contribution in [0.25, 0.3) is 0 Å². The highest BCUT2D eigenvalue weighted by Crippen LogP contribution is 2.23. The molecule has 14 heavy (non-hydrogen) atoms. The molecule has 0 aromatic heterocycles. The number of likely N-dealkylation sites (tertiary alicyclic amines) is 1. The second kappa shape index (κ2) is 5.49. The molecule has 0 saturated carbocycles. The molecule has 82 valence electrons. The zero-order chi connectivity index (χ0) is 10.6. The normalized spacial score (nSPS) is 18.9. The Balaban J connectivity index is 2.19. The summed E-state index contributed by atoms with van der Waals surface area (Å²) in [5, 5.41) is 9.45. The molecule has 1 heterocycles. The van der Waals surface area contributed by atoms with Gasteiger partial charge < -0.3 is 10.0 Å². The standard InChI is InChI=1S/C10H19NO2S/c1-8(2)14-7-9-3-5-11(6-4-9)10(12)13/h8-9H,3-7H2,1-2H3,(H,12,13). The maximum absolute atomic E-state index is 10.6. The van der Waals surface area contributed by atoms with Crippen molar-refractivity contribution in [2.75, 3.05) is 18.8 Å².